The Morgan fingerprint density at radius 3 is 2.38 bits per heavy atom. The molecule has 0 spiro atoms. The van der Waals surface area contributed by atoms with Crippen LogP contribution in [0, 0.1) is 5.92 Å². The summed E-state index contributed by atoms with van der Waals surface area (Å²) < 4.78 is 1.16. The molecule has 1 rings (SSSR count). The molecule has 1 heterocycles. The van der Waals surface area contributed by atoms with Crippen LogP contribution in [0.5, 0.6) is 0 Å². The summed E-state index contributed by atoms with van der Waals surface area (Å²) in [6, 6.07) is 2.72. The molecule has 3 nitrogen and oxygen atoms in total. The van der Waals surface area contributed by atoms with Crippen molar-refractivity contribution in [3.05, 3.63) is 20.8 Å². The fraction of sp³-hybridized carbons (Fsp3) is 0.750. The third-order valence-electron chi connectivity index (χ3n) is 3.58. The fourth-order valence-corrected chi connectivity index (χ4v) is 4.16. The van der Waals surface area contributed by atoms with Crippen molar-refractivity contribution in [1.82, 2.24) is 9.80 Å². The molecule has 1 aromatic rings. The first kappa shape index (κ1) is 19.1. The van der Waals surface area contributed by atoms with Crippen LogP contribution in [0.15, 0.2) is 15.9 Å². The molecule has 122 valence electrons. The van der Waals surface area contributed by atoms with Gasteiger partial charge in [-0.05, 0) is 48.4 Å². The molecule has 0 saturated heterocycles. The van der Waals surface area contributed by atoms with Crippen LogP contribution in [0.1, 0.15) is 38.1 Å². The number of nitrogens with two attached hydrogens (primary N) is 1. The van der Waals surface area contributed by atoms with Crippen LogP contribution >= 0.6 is 27.3 Å². The first-order valence-electron chi connectivity index (χ1n) is 7.73. The lowest BCUT2D eigenvalue weighted by Crippen LogP contribution is -2.44. The molecule has 0 amide bonds. The summed E-state index contributed by atoms with van der Waals surface area (Å²) in [6.07, 6.45) is 0.997. The minimum atomic E-state index is 0.177. The molecule has 0 radical (unpaired) electrons. The van der Waals surface area contributed by atoms with Crippen LogP contribution in [-0.4, -0.2) is 49.6 Å². The van der Waals surface area contributed by atoms with Crippen molar-refractivity contribution in [3.8, 4) is 0 Å². The smallest absolute Gasteiger partial charge is 0.0594 e. The molecule has 0 aliphatic carbocycles. The van der Waals surface area contributed by atoms with Crippen molar-refractivity contribution in [2.24, 2.45) is 11.7 Å². The van der Waals surface area contributed by atoms with Gasteiger partial charge in [0.15, 0.2) is 0 Å². The van der Waals surface area contributed by atoms with Gasteiger partial charge in [0.25, 0.3) is 0 Å². The third kappa shape index (κ3) is 6.37. The van der Waals surface area contributed by atoms with E-state index in [0.29, 0.717) is 12.0 Å². The van der Waals surface area contributed by atoms with E-state index >= 15 is 0 Å². The first-order valence-corrected chi connectivity index (χ1v) is 9.40. The van der Waals surface area contributed by atoms with Crippen LogP contribution in [0.4, 0.5) is 0 Å². The summed E-state index contributed by atoms with van der Waals surface area (Å²) >= 11 is 5.39. The van der Waals surface area contributed by atoms with E-state index in [0.717, 1.165) is 30.5 Å². The van der Waals surface area contributed by atoms with Crippen LogP contribution < -0.4 is 5.73 Å². The van der Waals surface area contributed by atoms with E-state index in [1.54, 1.807) is 0 Å². The molecule has 0 aliphatic heterocycles. The Kier molecular flexibility index (Phi) is 8.42. The number of hydrogen-bond donors (Lipinski definition) is 1. The highest BCUT2D eigenvalue weighted by atomic mass is 79.9. The minimum Gasteiger partial charge on any atom is -0.326 e. The molecule has 0 bridgehead atoms. The van der Waals surface area contributed by atoms with Crippen LogP contribution in [0.3, 0.4) is 0 Å². The van der Waals surface area contributed by atoms with Crippen molar-refractivity contribution < 1.29 is 0 Å². The summed E-state index contributed by atoms with van der Waals surface area (Å²) in [6.45, 7) is 9.94. The standard InChI is InChI=1S/C16H30BrN3S/c1-6-14(18)16(15-9-13(17)11-21-15)20(10-12(2)3)8-7-19(4)5/h9,11-12,14,16H,6-8,10,18H2,1-5H3. The van der Waals surface area contributed by atoms with Gasteiger partial charge in [0, 0.05) is 40.4 Å². The summed E-state index contributed by atoms with van der Waals surface area (Å²) in [7, 11) is 4.26. The molecule has 1 aromatic heterocycles. The van der Waals surface area contributed by atoms with Gasteiger partial charge in [0.2, 0.25) is 0 Å². The van der Waals surface area contributed by atoms with E-state index in [4.69, 9.17) is 5.73 Å². The number of likely N-dealkylation sites (N-methyl/N-ethyl adjacent to an activating group) is 1. The quantitative estimate of drug-likeness (QED) is 0.711. The topological polar surface area (TPSA) is 32.5 Å². The van der Waals surface area contributed by atoms with Crippen molar-refractivity contribution >= 4 is 27.3 Å². The maximum Gasteiger partial charge on any atom is 0.0594 e. The van der Waals surface area contributed by atoms with Crippen molar-refractivity contribution in [3.63, 3.8) is 0 Å². The Labute approximate surface area is 142 Å². The van der Waals surface area contributed by atoms with E-state index in [9.17, 15) is 0 Å². The van der Waals surface area contributed by atoms with Gasteiger partial charge >= 0.3 is 0 Å². The van der Waals surface area contributed by atoms with Crippen LogP contribution in [0.2, 0.25) is 0 Å². The summed E-state index contributed by atoms with van der Waals surface area (Å²) in [5, 5.41) is 2.16. The number of nitrogens with zero attached hydrogens (tertiary/aromatic N) is 2. The van der Waals surface area contributed by atoms with Crippen molar-refractivity contribution in [1.29, 1.82) is 0 Å². The second-order valence-electron chi connectivity index (χ2n) is 6.38. The SMILES string of the molecule is CCC(N)C(c1cc(Br)cs1)N(CCN(C)C)CC(C)C. The Hall–Kier alpha value is 0.0600. The maximum absolute atomic E-state index is 6.48. The Bertz CT molecular complexity index is 406. The molecule has 2 atom stereocenters. The molecule has 21 heavy (non-hydrogen) atoms. The normalized spacial score (nSPS) is 15.1. The molecular weight excluding hydrogens is 346 g/mol. The van der Waals surface area contributed by atoms with Crippen LogP contribution in [-0.2, 0) is 0 Å². The van der Waals surface area contributed by atoms with Crippen molar-refractivity contribution in [2.45, 2.75) is 39.3 Å². The average Bonchev–Trinajstić information content (AvgIpc) is 2.81. The lowest BCUT2D eigenvalue weighted by atomic mass is 10.0. The Morgan fingerprint density at radius 1 is 1.29 bits per heavy atom. The van der Waals surface area contributed by atoms with Crippen molar-refractivity contribution in [2.75, 3.05) is 33.7 Å². The average molecular weight is 376 g/mol. The highest BCUT2D eigenvalue weighted by molar-refractivity contribution is 9.10. The van der Waals surface area contributed by atoms with E-state index in [-0.39, 0.29) is 6.04 Å². The number of rotatable bonds is 9. The van der Waals surface area contributed by atoms with Crippen LogP contribution in [0.25, 0.3) is 0 Å². The van der Waals surface area contributed by atoms with Gasteiger partial charge in [-0.3, -0.25) is 4.90 Å². The van der Waals surface area contributed by atoms with E-state index in [2.05, 4.69) is 72.0 Å². The summed E-state index contributed by atoms with van der Waals surface area (Å²) in [5.74, 6) is 0.641. The molecule has 0 saturated carbocycles. The lowest BCUT2D eigenvalue weighted by molar-refractivity contribution is 0.141. The van der Waals surface area contributed by atoms with Gasteiger partial charge in [0.1, 0.15) is 0 Å². The number of halogens is 1. The van der Waals surface area contributed by atoms with Gasteiger partial charge in [-0.15, -0.1) is 11.3 Å². The zero-order chi connectivity index (χ0) is 16.0. The van der Waals surface area contributed by atoms with Gasteiger partial charge in [-0.1, -0.05) is 20.8 Å². The number of thiophene rings is 1. The number of hydrogen-bond acceptors (Lipinski definition) is 4. The highest BCUT2D eigenvalue weighted by Gasteiger charge is 2.27. The minimum absolute atomic E-state index is 0.177. The zero-order valence-corrected chi connectivity index (χ0v) is 16.4. The van der Waals surface area contributed by atoms with Gasteiger partial charge in [-0.2, -0.15) is 0 Å². The second kappa shape index (κ2) is 9.26. The maximum atomic E-state index is 6.48. The monoisotopic (exact) mass is 375 g/mol. The van der Waals surface area contributed by atoms with E-state index in [1.165, 1.54) is 4.88 Å². The lowest BCUT2D eigenvalue weighted by Gasteiger charge is -2.36. The molecule has 2 N–H and O–H groups in total. The molecule has 0 aliphatic rings. The molecular formula is C16H30BrN3S. The van der Waals surface area contributed by atoms with Gasteiger partial charge < -0.3 is 10.6 Å². The first-order chi connectivity index (χ1) is 9.85. The Morgan fingerprint density at radius 2 is 1.95 bits per heavy atom. The van der Waals surface area contributed by atoms with Gasteiger partial charge in [-0.25, -0.2) is 0 Å². The third-order valence-corrected chi connectivity index (χ3v) is 5.35. The summed E-state index contributed by atoms with van der Waals surface area (Å²) in [5.41, 5.74) is 6.48. The molecule has 0 fully saturated rings. The highest BCUT2D eigenvalue weighted by Crippen LogP contribution is 2.32. The molecule has 5 heteroatoms. The predicted octanol–water partition coefficient (Wildman–Crippen LogP) is 3.81. The predicted molar refractivity (Wildman–Crippen MR) is 98.0 cm³/mol. The fourth-order valence-electron chi connectivity index (χ4n) is 2.51. The molecule has 2 unspecified atom stereocenters. The largest absolute Gasteiger partial charge is 0.326 e. The molecule has 0 aromatic carbocycles. The van der Waals surface area contributed by atoms with Gasteiger partial charge in [0.05, 0.1) is 6.04 Å². The second-order valence-corrected chi connectivity index (χ2v) is 8.23. The Balaban J connectivity index is 2.98. The van der Waals surface area contributed by atoms with E-state index in [1.807, 2.05) is 11.3 Å². The summed E-state index contributed by atoms with van der Waals surface area (Å²) in [4.78, 5) is 6.18. The zero-order valence-electron chi connectivity index (χ0n) is 14.0. The van der Waals surface area contributed by atoms with E-state index < -0.39 is 0 Å².